The number of hydrogen-bond donors (Lipinski definition) is 0. The minimum absolute atomic E-state index is 0.901. The van der Waals surface area contributed by atoms with Crippen molar-refractivity contribution >= 4 is 10.8 Å². The van der Waals surface area contributed by atoms with Gasteiger partial charge in [-0.25, -0.2) is 9.97 Å². The largest absolute Gasteiger partial charge is 0.323 e. The lowest BCUT2D eigenvalue weighted by Crippen LogP contribution is -2.01. The van der Waals surface area contributed by atoms with Crippen LogP contribution in [0.3, 0.4) is 0 Å². The van der Waals surface area contributed by atoms with E-state index in [1.807, 2.05) is 0 Å². The maximum absolute atomic E-state index is 5.41. The first-order valence-electron chi connectivity index (χ1n) is 19.6. The second-order valence-corrected chi connectivity index (χ2v) is 14.7. The Morgan fingerprint density at radius 2 is 0.860 bits per heavy atom. The monoisotopic (exact) mass is 660 g/mol. The number of aryl methyl sites for hydroxylation is 2. The molecule has 2 aliphatic heterocycles. The summed E-state index contributed by atoms with van der Waals surface area (Å²) >= 11 is 0. The van der Waals surface area contributed by atoms with Crippen LogP contribution in [0, 0.1) is 0 Å². The molecule has 2 aliphatic rings. The van der Waals surface area contributed by atoms with Gasteiger partial charge in [0, 0.05) is 35.1 Å². The second-order valence-electron chi connectivity index (χ2n) is 14.7. The molecule has 0 saturated heterocycles. The molecular weight excluding hydrogens is 609 g/mol. The van der Waals surface area contributed by atoms with Crippen molar-refractivity contribution in [2.45, 2.75) is 117 Å². The summed E-state index contributed by atoms with van der Waals surface area (Å²) in [4.78, 5) is 10.8. The number of imidazole rings is 2. The van der Waals surface area contributed by atoms with Gasteiger partial charge in [-0.2, -0.15) is 0 Å². The predicted molar refractivity (Wildman–Crippen MR) is 210 cm³/mol. The maximum atomic E-state index is 5.41. The van der Waals surface area contributed by atoms with Crippen LogP contribution in [-0.4, -0.2) is 19.1 Å². The molecular formula is C46H52N4. The van der Waals surface area contributed by atoms with Crippen LogP contribution in [0.2, 0.25) is 0 Å². The van der Waals surface area contributed by atoms with Crippen molar-refractivity contribution in [2.75, 3.05) is 0 Å². The molecule has 4 nitrogen and oxygen atoms in total. The van der Waals surface area contributed by atoms with Gasteiger partial charge in [-0.3, -0.25) is 0 Å². The molecule has 0 spiro atoms. The van der Waals surface area contributed by atoms with Crippen LogP contribution in [0.5, 0.6) is 0 Å². The number of aromatic nitrogens is 4. The number of fused-ring (bicyclic) bond motifs is 9. The van der Waals surface area contributed by atoms with Crippen LogP contribution in [0.15, 0.2) is 84.9 Å². The molecule has 4 heteroatoms. The van der Waals surface area contributed by atoms with E-state index in [2.05, 4.69) is 108 Å². The van der Waals surface area contributed by atoms with Gasteiger partial charge in [0.15, 0.2) is 0 Å². The van der Waals surface area contributed by atoms with Crippen LogP contribution < -0.4 is 0 Å². The predicted octanol–water partition coefficient (Wildman–Crippen LogP) is 12.4. The van der Waals surface area contributed by atoms with Gasteiger partial charge >= 0.3 is 0 Å². The molecule has 0 unspecified atom stereocenters. The minimum atomic E-state index is 0.901. The number of benzene rings is 4. The van der Waals surface area contributed by atoms with E-state index in [9.17, 15) is 0 Å². The Morgan fingerprint density at radius 3 is 1.28 bits per heavy atom. The van der Waals surface area contributed by atoms with Crippen molar-refractivity contribution in [1.82, 2.24) is 19.1 Å². The van der Waals surface area contributed by atoms with Gasteiger partial charge in [-0.15, -0.1) is 0 Å². The molecule has 0 amide bonds. The zero-order chi connectivity index (χ0) is 33.9. The fourth-order valence-corrected chi connectivity index (χ4v) is 8.61. The van der Waals surface area contributed by atoms with Crippen LogP contribution in [0.25, 0.3) is 55.8 Å². The van der Waals surface area contributed by atoms with Gasteiger partial charge in [-0.1, -0.05) is 163 Å². The third-order valence-electron chi connectivity index (χ3n) is 11.2. The third kappa shape index (κ3) is 6.12. The van der Waals surface area contributed by atoms with E-state index in [0.717, 1.165) is 37.3 Å². The molecule has 0 bridgehead atoms. The molecule has 8 rings (SSSR count). The maximum Gasteiger partial charge on any atom is 0.110 e. The number of hydrogen-bond acceptors (Lipinski definition) is 2. The summed E-state index contributed by atoms with van der Waals surface area (Å²) in [7, 11) is 0. The van der Waals surface area contributed by atoms with Crippen LogP contribution in [0.4, 0.5) is 0 Å². The summed E-state index contributed by atoms with van der Waals surface area (Å²) in [5.41, 5.74) is 12.9. The summed E-state index contributed by atoms with van der Waals surface area (Å²) in [5.74, 6) is 2.48. The fraction of sp³-hybridized carbons (Fsp3) is 0.391. The minimum Gasteiger partial charge on any atom is -0.323 e. The van der Waals surface area contributed by atoms with E-state index < -0.39 is 0 Å². The first kappa shape index (κ1) is 32.7. The van der Waals surface area contributed by atoms with Crippen molar-refractivity contribution < 1.29 is 0 Å². The molecule has 0 saturated carbocycles. The topological polar surface area (TPSA) is 35.6 Å². The van der Waals surface area contributed by atoms with E-state index in [1.54, 1.807) is 0 Å². The molecule has 2 aromatic heterocycles. The summed E-state index contributed by atoms with van der Waals surface area (Å²) in [5, 5.41) is 2.68. The van der Waals surface area contributed by atoms with Crippen LogP contribution in [0.1, 0.15) is 114 Å². The van der Waals surface area contributed by atoms with E-state index in [-0.39, 0.29) is 0 Å². The molecule has 4 aromatic carbocycles. The molecule has 0 aliphatic carbocycles. The van der Waals surface area contributed by atoms with Crippen LogP contribution in [-0.2, 0) is 25.9 Å². The molecule has 0 radical (unpaired) electrons. The summed E-state index contributed by atoms with van der Waals surface area (Å²) < 4.78 is 5.09. The third-order valence-corrected chi connectivity index (χ3v) is 11.2. The molecule has 256 valence electrons. The lowest BCUT2D eigenvalue weighted by molar-refractivity contribution is 0.593. The molecule has 4 heterocycles. The van der Waals surface area contributed by atoms with Gasteiger partial charge in [0.25, 0.3) is 0 Å². The van der Waals surface area contributed by atoms with E-state index >= 15 is 0 Å². The van der Waals surface area contributed by atoms with Gasteiger partial charge in [0.2, 0.25) is 0 Å². The quantitative estimate of drug-likeness (QED) is 0.0967. The smallest absolute Gasteiger partial charge is 0.110 e. The lowest BCUT2D eigenvalue weighted by Gasteiger charge is -2.12. The van der Waals surface area contributed by atoms with Gasteiger partial charge < -0.3 is 9.13 Å². The standard InChI is InChI=1S/C46H52N4/c1-3-5-7-9-11-19-25-39-47-43(33-21-15-13-16-22-33)45-41-35(31-49(39)45)27-29-38-37(41)30-28-36-32-50-40(26-20-12-10-8-6-4-2)48-44(46(50)42(36)38)34-23-17-14-18-24-34/h13-18,21-24,27-30H,3-12,19-20,25-26,31-32H2,1-2H3. The van der Waals surface area contributed by atoms with Crippen LogP contribution >= 0.6 is 0 Å². The van der Waals surface area contributed by atoms with E-state index in [0.29, 0.717) is 0 Å². The summed E-state index contributed by atoms with van der Waals surface area (Å²) in [6, 6.07) is 31.4. The highest BCUT2D eigenvalue weighted by atomic mass is 15.1. The highest BCUT2D eigenvalue weighted by Crippen LogP contribution is 2.49. The molecule has 6 aromatic rings. The van der Waals surface area contributed by atoms with E-state index in [1.165, 1.54) is 144 Å². The summed E-state index contributed by atoms with van der Waals surface area (Å²) in [6.45, 7) is 6.39. The van der Waals surface area contributed by atoms with E-state index in [4.69, 9.17) is 9.97 Å². The zero-order valence-electron chi connectivity index (χ0n) is 30.2. The number of rotatable bonds is 16. The Morgan fingerprint density at radius 1 is 0.460 bits per heavy atom. The zero-order valence-corrected chi connectivity index (χ0v) is 30.2. The molecule has 0 fully saturated rings. The fourth-order valence-electron chi connectivity index (χ4n) is 8.61. The average molecular weight is 661 g/mol. The van der Waals surface area contributed by atoms with Crippen molar-refractivity contribution in [1.29, 1.82) is 0 Å². The second kappa shape index (κ2) is 14.8. The lowest BCUT2D eigenvalue weighted by atomic mass is 9.91. The Labute approximate surface area is 298 Å². The highest BCUT2D eigenvalue weighted by Gasteiger charge is 2.33. The molecule has 0 atom stereocenters. The highest BCUT2D eigenvalue weighted by molar-refractivity contribution is 6.09. The Balaban J connectivity index is 1.21. The van der Waals surface area contributed by atoms with Crippen molar-refractivity contribution in [3.05, 3.63) is 108 Å². The first-order chi connectivity index (χ1) is 24.8. The summed E-state index contributed by atoms with van der Waals surface area (Å²) in [6.07, 6.45) is 17.6. The average Bonchev–Trinajstić information content (AvgIpc) is 3.91. The Kier molecular flexibility index (Phi) is 9.70. The van der Waals surface area contributed by atoms with Crippen molar-refractivity contribution in [2.24, 2.45) is 0 Å². The van der Waals surface area contributed by atoms with Gasteiger partial charge in [-0.05, 0) is 34.7 Å². The molecule has 0 N–H and O–H groups in total. The Hall–Kier alpha value is -4.44. The normalized spacial score (nSPS) is 12.8. The first-order valence-corrected chi connectivity index (χ1v) is 19.6. The van der Waals surface area contributed by atoms with Crippen molar-refractivity contribution in [3.8, 4) is 45.0 Å². The number of nitrogens with zero attached hydrogens (tertiary/aromatic N) is 4. The van der Waals surface area contributed by atoms with Gasteiger partial charge in [0.05, 0.1) is 35.9 Å². The molecule has 50 heavy (non-hydrogen) atoms. The Bertz CT molecular complexity index is 1930. The number of unbranched alkanes of at least 4 members (excludes halogenated alkanes) is 10. The SMILES string of the molecule is CCCCCCCCc1nc(-c2ccccc2)c2n1Cc1ccc3c4c(ccc3c1-2)Cn1c(CCCCCCCC)nc(-c2ccccc2)c1-4. The van der Waals surface area contributed by atoms with Crippen molar-refractivity contribution in [3.63, 3.8) is 0 Å². The van der Waals surface area contributed by atoms with Gasteiger partial charge in [0.1, 0.15) is 11.6 Å².